The smallest absolute Gasteiger partial charge is 0.240 e. The fourth-order valence-corrected chi connectivity index (χ4v) is 2.25. The van der Waals surface area contributed by atoms with Crippen molar-refractivity contribution in [2.45, 2.75) is 64.5 Å². The zero-order chi connectivity index (χ0) is 15.2. The fraction of sp³-hybridized carbons (Fsp3) is 0.588. The Morgan fingerprint density at radius 3 is 2.30 bits per heavy atom. The number of carbonyl (C=O) groups excluding carboxylic acids is 1. The van der Waals surface area contributed by atoms with Gasteiger partial charge < -0.3 is 11.1 Å². The Labute approximate surface area is 122 Å². The van der Waals surface area contributed by atoms with Crippen LogP contribution in [0.25, 0.3) is 0 Å². The monoisotopic (exact) mass is 276 g/mol. The predicted molar refractivity (Wildman–Crippen MR) is 84.5 cm³/mol. The molecule has 0 heterocycles. The third-order valence-electron chi connectivity index (χ3n) is 3.62. The molecule has 0 radical (unpaired) electrons. The van der Waals surface area contributed by atoms with Crippen LogP contribution in [-0.4, -0.2) is 17.0 Å². The highest BCUT2D eigenvalue weighted by molar-refractivity contribution is 5.86. The maximum Gasteiger partial charge on any atom is 0.240 e. The van der Waals surface area contributed by atoms with Gasteiger partial charge in [-0.05, 0) is 45.6 Å². The maximum atomic E-state index is 12.2. The molecule has 0 spiro atoms. The largest absolute Gasteiger partial charge is 0.350 e. The Kier molecular flexibility index (Phi) is 5.75. The maximum absolute atomic E-state index is 12.2. The Bertz CT molecular complexity index is 424. The molecule has 3 nitrogen and oxygen atoms in total. The summed E-state index contributed by atoms with van der Waals surface area (Å²) >= 11 is 0. The molecule has 20 heavy (non-hydrogen) atoms. The van der Waals surface area contributed by atoms with Crippen LogP contribution in [0.3, 0.4) is 0 Å². The molecule has 1 unspecified atom stereocenters. The molecule has 112 valence electrons. The van der Waals surface area contributed by atoms with Crippen molar-refractivity contribution in [3.05, 3.63) is 35.9 Å². The van der Waals surface area contributed by atoms with E-state index in [0.717, 1.165) is 19.3 Å². The molecule has 1 aromatic carbocycles. The quantitative estimate of drug-likeness (QED) is 0.804. The molecular formula is C17H28N2O. The van der Waals surface area contributed by atoms with E-state index >= 15 is 0 Å². The Balaban J connectivity index is 2.54. The molecular weight excluding hydrogens is 248 g/mol. The van der Waals surface area contributed by atoms with Crippen molar-refractivity contribution >= 4 is 5.91 Å². The van der Waals surface area contributed by atoms with Crippen LogP contribution in [0.5, 0.6) is 0 Å². The van der Waals surface area contributed by atoms with Crippen LogP contribution in [0.2, 0.25) is 0 Å². The second-order valence-electron chi connectivity index (χ2n) is 6.49. The van der Waals surface area contributed by atoms with E-state index in [-0.39, 0.29) is 11.4 Å². The Hall–Kier alpha value is -1.35. The predicted octanol–water partition coefficient (Wildman–Crippen LogP) is 3.03. The lowest BCUT2D eigenvalue weighted by atomic mass is 9.91. The number of benzene rings is 1. The summed E-state index contributed by atoms with van der Waals surface area (Å²) in [6.45, 7) is 7.95. The minimum atomic E-state index is -0.779. The first kappa shape index (κ1) is 16.7. The van der Waals surface area contributed by atoms with E-state index < -0.39 is 5.54 Å². The van der Waals surface area contributed by atoms with Crippen molar-refractivity contribution in [2.24, 2.45) is 5.73 Å². The van der Waals surface area contributed by atoms with Crippen molar-refractivity contribution in [1.82, 2.24) is 5.32 Å². The van der Waals surface area contributed by atoms with Gasteiger partial charge in [0, 0.05) is 5.54 Å². The van der Waals surface area contributed by atoms with Gasteiger partial charge in [-0.15, -0.1) is 0 Å². The van der Waals surface area contributed by atoms with E-state index in [2.05, 4.69) is 31.3 Å². The van der Waals surface area contributed by atoms with Crippen LogP contribution < -0.4 is 11.1 Å². The number of nitrogens with one attached hydrogen (secondary N) is 1. The van der Waals surface area contributed by atoms with Gasteiger partial charge in [0.15, 0.2) is 0 Å². The Morgan fingerprint density at radius 2 is 1.75 bits per heavy atom. The van der Waals surface area contributed by atoms with Crippen molar-refractivity contribution in [1.29, 1.82) is 0 Å². The molecule has 0 aliphatic rings. The second kappa shape index (κ2) is 6.89. The lowest BCUT2D eigenvalue weighted by molar-refractivity contribution is -0.127. The van der Waals surface area contributed by atoms with Gasteiger partial charge in [0.2, 0.25) is 5.91 Å². The van der Waals surface area contributed by atoms with Crippen LogP contribution in [0, 0.1) is 0 Å². The third-order valence-corrected chi connectivity index (χ3v) is 3.62. The lowest BCUT2D eigenvalue weighted by Gasteiger charge is -2.32. The van der Waals surface area contributed by atoms with Crippen LogP contribution in [0.1, 0.15) is 52.5 Å². The SMILES string of the molecule is CCCC(C)(N)C(=O)NC(C)(C)CCc1ccccc1. The van der Waals surface area contributed by atoms with E-state index in [1.54, 1.807) is 6.92 Å². The number of rotatable bonds is 7. The summed E-state index contributed by atoms with van der Waals surface area (Å²) in [5, 5.41) is 3.09. The number of carbonyl (C=O) groups is 1. The number of amides is 1. The summed E-state index contributed by atoms with van der Waals surface area (Å²) < 4.78 is 0. The van der Waals surface area contributed by atoms with E-state index in [1.807, 2.05) is 25.1 Å². The molecule has 3 N–H and O–H groups in total. The van der Waals surface area contributed by atoms with Gasteiger partial charge >= 0.3 is 0 Å². The zero-order valence-electron chi connectivity index (χ0n) is 13.2. The molecule has 1 rings (SSSR count). The highest BCUT2D eigenvalue weighted by Crippen LogP contribution is 2.16. The van der Waals surface area contributed by atoms with E-state index in [9.17, 15) is 4.79 Å². The fourth-order valence-electron chi connectivity index (χ4n) is 2.25. The molecule has 0 fully saturated rings. The molecule has 1 aromatic rings. The number of nitrogens with two attached hydrogens (primary N) is 1. The molecule has 0 saturated carbocycles. The van der Waals surface area contributed by atoms with Gasteiger partial charge in [-0.3, -0.25) is 4.79 Å². The molecule has 1 amide bonds. The van der Waals surface area contributed by atoms with E-state index in [1.165, 1.54) is 5.56 Å². The van der Waals surface area contributed by atoms with Gasteiger partial charge in [-0.1, -0.05) is 43.7 Å². The average molecular weight is 276 g/mol. The highest BCUT2D eigenvalue weighted by atomic mass is 16.2. The van der Waals surface area contributed by atoms with Crippen LogP contribution >= 0.6 is 0 Å². The summed E-state index contributed by atoms with van der Waals surface area (Å²) in [5.74, 6) is -0.0580. The second-order valence-corrected chi connectivity index (χ2v) is 6.49. The zero-order valence-corrected chi connectivity index (χ0v) is 13.2. The average Bonchev–Trinajstić information content (AvgIpc) is 2.37. The number of aryl methyl sites for hydroxylation is 1. The summed E-state index contributed by atoms with van der Waals surface area (Å²) in [4.78, 5) is 12.2. The van der Waals surface area contributed by atoms with Gasteiger partial charge in [0.05, 0.1) is 5.54 Å². The molecule has 0 aliphatic carbocycles. The van der Waals surface area contributed by atoms with Gasteiger partial charge in [-0.25, -0.2) is 0 Å². The third kappa shape index (κ3) is 5.33. The van der Waals surface area contributed by atoms with E-state index in [0.29, 0.717) is 6.42 Å². The minimum Gasteiger partial charge on any atom is -0.350 e. The minimum absolute atomic E-state index is 0.0580. The molecule has 0 aromatic heterocycles. The standard InChI is InChI=1S/C17H28N2O/c1-5-12-17(4,18)15(20)19-16(2,3)13-11-14-9-7-6-8-10-14/h6-10H,5,11-13,18H2,1-4H3,(H,19,20). The topological polar surface area (TPSA) is 55.1 Å². The lowest BCUT2D eigenvalue weighted by Crippen LogP contribution is -2.57. The van der Waals surface area contributed by atoms with Crippen LogP contribution in [0.15, 0.2) is 30.3 Å². The van der Waals surface area contributed by atoms with Crippen LogP contribution in [-0.2, 0) is 11.2 Å². The van der Waals surface area contributed by atoms with E-state index in [4.69, 9.17) is 5.73 Å². The highest BCUT2D eigenvalue weighted by Gasteiger charge is 2.31. The van der Waals surface area contributed by atoms with Gasteiger partial charge in [0.1, 0.15) is 0 Å². The first-order valence-electron chi connectivity index (χ1n) is 7.42. The van der Waals surface area contributed by atoms with Crippen molar-refractivity contribution in [3.63, 3.8) is 0 Å². The molecule has 0 aliphatic heterocycles. The van der Waals surface area contributed by atoms with Crippen molar-refractivity contribution < 1.29 is 4.79 Å². The summed E-state index contributed by atoms with van der Waals surface area (Å²) in [5.41, 5.74) is 6.34. The van der Waals surface area contributed by atoms with Crippen LogP contribution in [0.4, 0.5) is 0 Å². The Morgan fingerprint density at radius 1 is 1.15 bits per heavy atom. The summed E-state index contributed by atoms with van der Waals surface area (Å²) in [7, 11) is 0. The molecule has 3 heteroatoms. The van der Waals surface area contributed by atoms with Gasteiger partial charge in [-0.2, -0.15) is 0 Å². The normalized spacial score (nSPS) is 14.7. The summed E-state index contributed by atoms with van der Waals surface area (Å²) in [6.07, 6.45) is 3.45. The first-order chi connectivity index (χ1) is 9.27. The summed E-state index contributed by atoms with van der Waals surface area (Å²) in [6, 6.07) is 10.3. The number of hydrogen-bond donors (Lipinski definition) is 2. The van der Waals surface area contributed by atoms with Gasteiger partial charge in [0.25, 0.3) is 0 Å². The van der Waals surface area contributed by atoms with Crippen molar-refractivity contribution in [3.8, 4) is 0 Å². The first-order valence-corrected chi connectivity index (χ1v) is 7.42. The number of hydrogen-bond acceptors (Lipinski definition) is 2. The molecule has 1 atom stereocenters. The molecule has 0 bridgehead atoms. The molecule has 0 saturated heterocycles. The van der Waals surface area contributed by atoms with Crippen molar-refractivity contribution in [2.75, 3.05) is 0 Å².